The molecule has 2 aromatic heterocycles. The maximum absolute atomic E-state index is 14.6. The van der Waals surface area contributed by atoms with Crippen molar-refractivity contribution in [3.05, 3.63) is 5.95 Å². The van der Waals surface area contributed by atoms with Gasteiger partial charge in [0.2, 0.25) is 17.7 Å². The number of carbonyl (C=O) groups is 1. The molecule has 1 aliphatic carbocycles. The summed E-state index contributed by atoms with van der Waals surface area (Å²) in [6.45, 7) is 2.25. The Hall–Kier alpha value is -2.00. The van der Waals surface area contributed by atoms with E-state index in [1.165, 1.54) is 18.4 Å². The summed E-state index contributed by atoms with van der Waals surface area (Å²) in [5.41, 5.74) is 0.870. The van der Waals surface area contributed by atoms with Crippen molar-refractivity contribution in [2.75, 3.05) is 43.6 Å². The van der Waals surface area contributed by atoms with Crippen molar-refractivity contribution >= 4 is 38.3 Å². The zero-order valence-corrected chi connectivity index (χ0v) is 14.0. The lowest BCUT2D eigenvalue weighted by Crippen LogP contribution is -2.37. The Morgan fingerprint density at radius 1 is 1.38 bits per heavy atom. The standard InChI is InChI=1S/C15H17FN4O3S/c1-22-14-9-11(24-15(17-9)19-13(21)8-2-3-8)10(12(16)18-14)20-4-6-23-7-5-20/h8H,2-7H2,1H3,(H,17,19,21). The van der Waals surface area contributed by atoms with Gasteiger partial charge >= 0.3 is 0 Å². The number of thiazole rings is 1. The average Bonchev–Trinajstić information content (AvgIpc) is 3.36. The van der Waals surface area contributed by atoms with Gasteiger partial charge in [-0.25, -0.2) is 4.98 Å². The number of carbonyl (C=O) groups excluding carboxylic acids is 1. The van der Waals surface area contributed by atoms with Crippen LogP contribution in [0.15, 0.2) is 0 Å². The lowest BCUT2D eigenvalue weighted by molar-refractivity contribution is -0.117. The number of nitrogens with one attached hydrogen (secondary N) is 1. The normalized spacial score (nSPS) is 18.0. The van der Waals surface area contributed by atoms with Crippen LogP contribution in [0.25, 0.3) is 10.2 Å². The van der Waals surface area contributed by atoms with Crippen LogP contribution < -0.4 is 15.0 Å². The summed E-state index contributed by atoms with van der Waals surface area (Å²) in [6, 6.07) is 0. The second kappa shape index (κ2) is 6.14. The molecule has 2 fully saturated rings. The van der Waals surface area contributed by atoms with Crippen LogP contribution in [0, 0.1) is 11.9 Å². The fourth-order valence-corrected chi connectivity index (χ4v) is 3.75. The molecule has 24 heavy (non-hydrogen) atoms. The first-order valence-corrected chi connectivity index (χ1v) is 8.66. The minimum atomic E-state index is -0.593. The summed E-state index contributed by atoms with van der Waals surface area (Å²) in [6.07, 6.45) is 1.82. The van der Waals surface area contributed by atoms with E-state index in [1.54, 1.807) is 0 Å². The summed E-state index contributed by atoms with van der Waals surface area (Å²) >= 11 is 1.25. The van der Waals surface area contributed by atoms with Crippen molar-refractivity contribution in [3.63, 3.8) is 0 Å². The molecule has 0 bridgehead atoms. The van der Waals surface area contributed by atoms with Gasteiger partial charge in [-0.05, 0) is 12.8 Å². The van der Waals surface area contributed by atoms with E-state index in [0.29, 0.717) is 47.3 Å². The molecule has 128 valence electrons. The summed E-state index contributed by atoms with van der Waals surface area (Å²) in [5.74, 6) is -0.422. The third-order valence-corrected chi connectivity index (χ3v) is 5.12. The zero-order valence-electron chi connectivity index (χ0n) is 13.2. The van der Waals surface area contributed by atoms with E-state index in [2.05, 4.69) is 15.3 Å². The fourth-order valence-electron chi connectivity index (χ4n) is 2.72. The predicted molar refractivity (Wildman–Crippen MR) is 88.3 cm³/mol. The van der Waals surface area contributed by atoms with E-state index in [4.69, 9.17) is 9.47 Å². The highest BCUT2D eigenvalue weighted by Gasteiger charge is 2.31. The van der Waals surface area contributed by atoms with Crippen molar-refractivity contribution in [2.45, 2.75) is 12.8 Å². The molecule has 0 atom stereocenters. The fraction of sp³-hybridized carbons (Fsp3) is 0.533. The van der Waals surface area contributed by atoms with E-state index in [-0.39, 0.29) is 17.7 Å². The molecule has 1 N–H and O–H groups in total. The van der Waals surface area contributed by atoms with E-state index in [9.17, 15) is 9.18 Å². The third-order valence-electron chi connectivity index (χ3n) is 4.14. The maximum Gasteiger partial charge on any atom is 0.244 e. The first kappa shape index (κ1) is 15.5. The summed E-state index contributed by atoms with van der Waals surface area (Å²) in [7, 11) is 1.43. The van der Waals surface area contributed by atoms with E-state index < -0.39 is 5.95 Å². The molecule has 0 spiro atoms. The SMILES string of the molecule is COc1nc(F)c(N2CCOCC2)c2sc(NC(=O)C3CC3)nc12. The van der Waals surface area contributed by atoms with Crippen molar-refractivity contribution in [1.29, 1.82) is 0 Å². The topological polar surface area (TPSA) is 76.6 Å². The summed E-state index contributed by atoms with van der Waals surface area (Å²) in [5, 5.41) is 3.26. The van der Waals surface area contributed by atoms with Gasteiger partial charge < -0.3 is 19.7 Å². The van der Waals surface area contributed by atoms with Crippen LogP contribution in [0.4, 0.5) is 15.2 Å². The van der Waals surface area contributed by atoms with Crippen molar-refractivity contribution in [1.82, 2.24) is 9.97 Å². The Balaban J connectivity index is 1.77. The monoisotopic (exact) mass is 352 g/mol. The van der Waals surface area contributed by atoms with Crippen LogP contribution in [-0.2, 0) is 9.53 Å². The molecule has 0 aromatic carbocycles. The van der Waals surface area contributed by atoms with Crippen LogP contribution in [0.5, 0.6) is 5.88 Å². The number of rotatable bonds is 4. The number of ether oxygens (including phenoxy) is 2. The zero-order chi connectivity index (χ0) is 16.7. The molecule has 1 aliphatic heterocycles. The Morgan fingerprint density at radius 2 is 2.12 bits per heavy atom. The quantitative estimate of drug-likeness (QED) is 0.849. The van der Waals surface area contributed by atoms with Crippen molar-refractivity contribution in [2.24, 2.45) is 5.92 Å². The Bertz CT molecular complexity index is 787. The van der Waals surface area contributed by atoms with E-state index >= 15 is 0 Å². The number of aromatic nitrogens is 2. The first-order chi connectivity index (χ1) is 11.7. The molecule has 0 radical (unpaired) electrons. The molecule has 7 nitrogen and oxygen atoms in total. The molecular weight excluding hydrogens is 335 g/mol. The van der Waals surface area contributed by atoms with Gasteiger partial charge in [0.1, 0.15) is 11.2 Å². The second-order valence-corrected chi connectivity index (χ2v) is 6.82. The van der Waals surface area contributed by atoms with Gasteiger partial charge in [-0.3, -0.25) is 4.79 Å². The molecule has 2 aromatic rings. The number of fused-ring (bicyclic) bond motifs is 1. The number of morpholine rings is 1. The maximum atomic E-state index is 14.6. The lowest BCUT2D eigenvalue weighted by atomic mass is 10.3. The molecule has 1 saturated carbocycles. The molecule has 1 saturated heterocycles. The number of hydrogen-bond acceptors (Lipinski definition) is 7. The number of pyridine rings is 1. The summed E-state index contributed by atoms with van der Waals surface area (Å²) in [4.78, 5) is 22.2. The highest BCUT2D eigenvalue weighted by Crippen LogP contribution is 2.40. The van der Waals surface area contributed by atoms with Gasteiger partial charge in [-0.15, -0.1) is 0 Å². The molecule has 1 amide bonds. The van der Waals surface area contributed by atoms with E-state index in [0.717, 1.165) is 12.8 Å². The molecule has 4 rings (SSSR count). The second-order valence-electron chi connectivity index (χ2n) is 5.82. The van der Waals surface area contributed by atoms with Crippen LogP contribution >= 0.6 is 11.3 Å². The minimum absolute atomic E-state index is 0.0330. The van der Waals surface area contributed by atoms with Gasteiger partial charge in [0.15, 0.2) is 5.13 Å². The van der Waals surface area contributed by atoms with E-state index in [1.807, 2.05) is 4.90 Å². The predicted octanol–water partition coefficient (Wildman–Crippen LogP) is 2.02. The van der Waals surface area contributed by atoms with Gasteiger partial charge in [0, 0.05) is 19.0 Å². The Morgan fingerprint density at radius 3 is 2.79 bits per heavy atom. The number of anilines is 2. The molecule has 0 unspecified atom stereocenters. The number of amides is 1. The van der Waals surface area contributed by atoms with Crippen LogP contribution in [0.2, 0.25) is 0 Å². The van der Waals surface area contributed by atoms with Crippen molar-refractivity contribution < 1.29 is 18.7 Å². The number of nitrogens with zero attached hydrogens (tertiary/aromatic N) is 3. The van der Waals surface area contributed by atoms with Crippen LogP contribution in [0.1, 0.15) is 12.8 Å². The van der Waals surface area contributed by atoms with Gasteiger partial charge in [0.25, 0.3) is 0 Å². The highest BCUT2D eigenvalue weighted by atomic mass is 32.1. The lowest BCUT2D eigenvalue weighted by Gasteiger charge is -2.29. The number of halogens is 1. The van der Waals surface area contributed by atoms with Gasteiger partial charge in [-0.1, -0.05) is 11.3 Å². The van der Waals surface area contributed by atoms with Crippen molar-refractivity contribution in [3.8, 4) is 5.88 Å². The third kappa shape index (κ3) is 2.78. The Kier molecular flexibility index (Phi) is 3.97. The summed E-state index contributed by atoms with van der Waals surface area (Å²) < 4.78 is 25.7. The largest absolute Gasteiger partial charge is 0.479 e. The highest BCUT2D eigenvalue weighted by molar-refractivity contribution is 7.23. The van der Waals surface area contributed by atoms with Crippen LogP contribution in [-0.4, -0.2) is 49.3 Å². The van der Waals surface area contributed by atoms with Gasteiger partial charge in [-0.2, -0.15) is 9.37 Å². The average molecular weight is 352 g/mol. The first-order valence-electron chi connectivity index (χ1n) is 7.85. The number of hydrogen-bond donors (Lipinski definition) is 1. The molecule has 3 heterocycles. The molecular formula is C15H17FN4O3S. The number of methoxy groups -OCH3 is 1. The van der Waals surface area contributed by atoms with Crippen LogP contribution in [0.3, 0.4) is 0 Å². The van der Waals surface area contributed by atoms with Gasteiger partial charge in [0.05, 0.1) is 25.0 Å². The molecule has 2 aliphatic rings. The minimum Gasteiger partial charge on any atom is -0.479 e. The Labute approximate surface area is 141 Å². The molecule has 9 heteroatoms. The smallest absolute Gasteiger partial charge is 0.244 e.